The van der Waals surface area contributed by atoms with E-state index in [1.807, 2.05) is 0 Å². The van der Waals surface area contributed by atoms with Crippen LogP contribution >= 0.6 is 0 Å². The van der Waals surface area contributed by atoms with Crippen molar-refractivity contribution in [2.75, 3.05) is 46.7 Å². The van der Waals surface area contributed by atoms with Crippen molar-refractivity contribution in [3.63, 3.8) is 0 Å². The first-order valence-electron chi connectivity index (χ1n) is 5.69. The van der Waals surface area contributed by atoms with Crippen LogP contribution in [0.5, 0.6) is 0 Å². The molecular formula is C11H25NO3. The standard InChI is InChI=1S/C11H25NO3/c1-4-12-11(2)10-15-9-8-14-7-5-6-13-3/h11-12H,4-10H2,1-3H3. The van der Waals surface area contributed by atoms with Gasteiger partial charge in [0, 0.05) is 26.4 Å². The molecule has 4 nitrogen and oxygen atoms in total. The molecule has 0 aromatic heterocycles. The first-order valence-corrected chi connectivity index (χ1v) is 5.69. The van der Waals surface area contributed by atoms with Crippen LogP contribution in [0, 0.1) is 0 Å². The molecule has 0 saturated heterocycles. The van der Waals surface area contributed by atoms with Crippen LogP contribution in [0.25, 0.3) is 0 Å². The number of hydrogen-bond donors (Lipinski definition) is 1. The third kappa shape index (κ3) is 11.8. The van der Waals surface area contributed by atoms with Crippen LogP contribution in [0.1, 0.15) is 20.3 Å². The second-order valence-corrected chi connectivity index (χ2v) is 3.49. The predicted octanol–water partition coefficient (Wildman–Crippen LogP) is 1.05. The topological polar surface area (TPSA) is 39.7 Å². The Morgan fingerprint density at radius 1 is 1.07 bits per heavy atom. The van der Waals surface area contributed by atoms with E-state index in [1.165, 1.54) is 0 Å². The molecule has 1 atom stereocenters. The number of ether oxygens (including phenoxy) is 3. The van der Waals surface area contributed by atoms with Gasteiger partial charge in [0.15, 0.2) is 0 Å². The van der Waals surface area contributed by atoms with Gasteiger partial charge >= 0.3 is 0 Å². The van der Waals surface area contributed by atoms with Gasteiger partial charge in [0.2, 0.25) is 0 Å². The molecule has 0 aliphatic rings. The Morgan fingerprint density at radius 3 is 2.47 bits per heavy atom. The maximum Gasteiger partial charge on any atom is 0.0701 e. The number of hydrogen-bond acceptors (Lipinski definition) is 4. The Morgan fingerprint density at radius 2 is 1.80 bits per heavy atom. The largest absolute Gasteiger partial charge is 0.385 e. The third-order valence-corrected chi connectivity index (χ3v) is 1.93. The summed E-state index contributed by atoms with van der Waals surface area (Å²) in [6.07, 6.45) is 0.949. The molecule has 0 spiro atoms. The van der Waals surface area contributed by atoms with Crippen molar-refractivity contribution in [2.45, 2.75) is 26.3 Å². The fraction of sp³-hybridized carbons (Fsp3) is 1.00. The minimum absolute atomic E-state index is 0.420. The molecule has 15 heavy (non-hydrogen) atoms. The summed E-state index contributed by atoms with van der Waals surface area (Å²) in [7, 11) is 1.70. The zero-order valence-corrected chi connectivity index (χ0v) is 10.3. The second-order valence-electron chi connectivity index (χ2n) is 3.49. The number of methoxy groups -OCH3 is 1. The van der Waals surface area contributed by atoms with E-state index >= 15 is 0 Å². The Kier molecular flexibility index (Phi) is 11.8. The average molecular weight is 219 g/mol. The van der Waals surface area contributed by atoms with E-state index in [1.54, 1.807) is 7.11 Å². The van der Waals surface area contributed by atoms with Gasteiger partial charge < -0.3 is 19.5 Å². The Balaban J connectivity index is 2.98. The number of rotatable bonds is 11. The average Bonchev–Trinajstić information content (AvgIpc) is 2.22. The third-order valence-electron chi connectivity index (χ3n) is 1.93. The normalized spacial score (nSPS) is 13.0. The highest BCUT2D eigenvalue weighted by atomic mass is 16.5. The molecule has 0 aliphatic carbocycles. The monoisotopic (exact) mass is 219 g/mol. The first kappa shape index (κ1) is 14.8. The van der Waals surface area contributed by atoms with Crippen molar-refractivity contribution in [1.82, 2.24) is 5.32 Å². The molecule has 0 amide bonds. The molecule has 4 heteroatoms. The zero-order chi connectivity index (χ0) is 11.4. The van der Waals surface area contributed by atoms with Crippen molar-refractivity contribution in [3.8, 4) is 0 Å². The maximum absolute atomic E-state index is 5.44. The van der Waals surface area contributed by atoms with Gasteiger partial charge in [-0.25, -0.2) is 0 Å². The summed E-state index contributed by atoms with van der Waals surface area (Å²) in [6.45, 7) is 8.79. The van der Waals surface area contributed by atoms with Crippen LogP contribution in [-0.4, -0.2) is 52.7 Å². The van der Waals surface area contributed by atoms with Gasteiger partial charge in [0.05, 0.1) is 19.8 Å². The lowest BCUT2D eigenvalue weighted by atomic mass is 10.3. The van der Waals surface area contributed by atoms with Crippen molar-refractivity contribution in [3.05, 3.63) is 0 Å². The minimum atomic E-state index is 0.420. The molecular weight excluding hydrogens is 194 g/mol. The van der Waals surface area contributed by atoms with Crippen LogP contribution in [-0.2, 0) is 14.2 Å². The summed E-state index contributed by atoms with van der Waals surface area (Å²) < 4.78 is 15.7. The summed E-state index contributed by atoms with van der Waals surface area (Å²) in [5.41, 5.74) is 0. The van der Waals surface area contributed by atoms with Gasteiger partial charge in [-0.1, -0.05) is 6.92 Å². The highest BCUT2D eigenvalue weighted by Gasteiger charge is 1.98. The molecule has 0 aromatic carbocycles. The molecule has 0 aromatic rings. The predicted molar refractivity (Wildman–Crippen MR) is 61.3 cm³/mol. The Bertz CT molecular complexity index is 122. The number of nitrogens with one attached hydrogen (secondary N) is 1. The Labute approximate surface area is 93.3 Å². The molecule has 0 aliphatic heterocycles. The molecule has 1 unspecified atom stereocenters. The molecule has 0 heterocycles. The molecule has 0 saturated carbocycles. The van der Waals surface area contributed by atoms with Gasteiger partial charge in [0.25, 0.3) is 0 Å². The SMILES string of the molecule is CCNC(C)COCCOCCCOC. The van der Waals surface area contributed by atoms with Crippen molar-refractivity contribution in [2.24, 2.45) is 0 Å². The van der Waals surface area contributed by atoms with E-state index in [2.05, 4.69) is 19.2 Å². The summed E-state index contributed by atoms with van der Waals surface area (Å²) in [5.74, 6) is 0. The molecule has 0 radical (unpaired) electrons. The quantitative estimate of drug-likeness (QED) is 0.527. The van der Waals surface area contributed by atoms with Crippen molar-refractivity contribution < 1.29 is 14.2 Å². The van der Waals surface area contributed by atoms with E-state index in [9.17, 15) is 0 Å². The first-order chi connectivity index (χ1) is 7.31. The van der Waals surface area contributed by atoms with Gasteiger partial charge in [-0.15, -0.1) is 0 Å². The van der Waals surface area contributed by atoms with Crippen LogP contribution in [0.4, 0.5) is 0 Å². The lowest BCUT2D eigenvalue weighted by molar-refractivity contribution is 0.0342. The molecule has 1 N–H and O–H groups in total. The fourth-order valence-corrected chi connectivity index (χ4v) is 1.19. The highest BCUT2D eigenvalue weighted by molar-refractivity contribution is 4.56. The van der Waals surface area contributed by atoms with E-state index < -0.39 is 0 Å². The minimum Gasteiger partial charge on any atom is -0.385 e. The lowest BCUT2D eigenvalue weighted by Gasteiger charge is -2.12. The van der Waals surface area contributed by atoms with Crippen molar-refractivity contribution in [1.29, 1.82) is 0 Å². The lowest BCUT2D eigenvalue weighted by Crippen LogP contribution is -2.30. The van der Waals surface area contributed by atoms with Gasteiger partial charge in [0.1, 0.15) is 0 Å². The van der Waals surface area contributed by atoms with Gasteiger partial charge in [-0.05, 0) is 19.9 Å². The summed E-state index contributed by atoms with van der Waals surface area (Å²) in [4.78, 5) is 0. The molecule has 0 fully saturated rings. The molecule has 92 valence electrons. The summed E-state index contributed by atoms with van der Waals surface area (Å²) in [5, 5.41) is 3.28. The van der Waals surface area contributed by atoms with E-state index in [0.29, 0.717) is 19.3 Å². The van der Waals surface area contributed by atoms with E-state index in [0.717, 1.165) is 32.8 Å². The Hall–Kier alpha value is -0.160. The smallest absolute Gasteiger partial charge is 0.0701 e. The van der Waals surface area contributed by atoms with Gasteiger partial charge in [-0.3, -0.25) is 0 Å². The number of likely N-dealkylation sites (N-methyl/N-ethyl adjacent to an activating group) is 1. The zero-order valence-electron chi connectivity index (χ0n) is 10.3. The van der Waals surface area contributed by atoms with Crippen LogP contribution in [0.2, 0.25) is 0 Å². The molecule has 0 rings (SSSR count). The highest BCUT2D eigenvalue weighted by Crippen LogP contribution is 1.87. The van der Waals surface area contributed by atoms with Crippen molar-refractivity contribution >= 4 is 0 Å². The van der Waals surface area contributed by atoms with Crippen LogP contribution in [0.3, 0.4) is 0 Å². The van der Waals surface area contributed by atoms with E-state index in [-0.39, 0.29) is 0 Å². The van der Waals surface area contributed by atoms with Crippen LogP contribution < -0.4 is 5.32 Å². The summed E-state index contributed by atoms with van der Waals surface area (Å²) >= 11 is 0. The van der Waals surface area contributed by atoms with Crippen LogP contribution in [0.15, 0.2) is 0 Å². The molecule has 0 bridgehead atoms. The second kappa shape index (κ2) is 11.9. The maximum atomic E-state index is 5.44. The van der Waals surface area contributed by atoms with E-state index in [4.69, 9.17) is 14.2 Å². The summed E-state index contributed by atoms with van der Waals surface area (Å²) in [6, 6.07) is 0.420. The fourth-order valence-electron chi connectivity index (χ4n) is 1.19. The van der Waals surface area contributed by atoms with Gasteiger partial charge in [-0.2, -0.15) is 0 Å².